The lowest BCUT2D eigenvalue weighted by Gasteiger charge is -2.18. The van der Waals surface area contributed by atoms with Crippen molar-refractivity contribution in [3.63, 3.8) is 0 Å². The lowest BCUT2D eigenvalue weighted by Crippen LogP contribution is -2.33. The number of carbonyl (C=O) groups is 1. The summed E-state index contributed by atoms with van der Waals surface area (Å²) in [6, 6.07) is 6.48. The van der Waals surface area contributed by atoms with Crippen LogP contribution in [0.3, 0.4) is 0 Å². The van der Waals surface area contributed by atoms with Gasteiger partial charge in [0.05, 0.1) is 0 Å². The molecule has 0 radical (unpaired) electrons. The molecule has 1 aliphatic carbocycles. The van der Waals surface area contributed by atoms with Crippen LogP contribution in [-0.4, -0.2) is 18.6 Å². The van der Waals surface area contributed by atoms with E-state index >= 15 is 0 Å². The third kappa shape index (κ3) is 3.12. The van der Waals surface area contributed by atoms with Crippen molar-refractivity contribution in [3.05, 3.63) is 29.3 Å². The van der Waals surface area contributed by atoms with Gasteiger partial charge in [-0.2, -0.15) is 0 Å². The number of hydrogen-bond acceptors (Lipinski definition) is 3. The number of primary amides is 1. The average Bonchev–Trinajstić information content (AvgIpc) is 2.86. The van der Waals surface area contributed by atoms with Gasteiger partial charge in [-0.25, -0.2) is 0 Å². The molecule has 0 spiro atoms. The van der Waals surface area contributed by atoms with E-state index in [1.165, 1.54) is 11.1 Å². The van der Waals surface area contributed by atoms with Gasteiger partial charge in [0.2, 0.25) is 0 Å². The Morgan fingerprint density at radius 1 is 1.50 bits per heavy atom. The summed E-state index contributed by atoms with van der Waals surface area (Å²) in [7, 11) is 0. The van der Waals surface area contributed by atoms with Crippen LogP contribution in [0.4, 0.5) is 0 Å². The number of nitrogens with two attached hydrogens (primary N) is 1. The van der Waals surface area contributed by atoms with Crippen LogP contribution in [0.1, 0.15) is 50.3 Å². The van der Waals surface area contributed by atoms with E-state index in [0.29, 0.717) is 12.5 Å². The number of carbonyl (C=O) groups excluding carboxylic acids is 1. The summed E-state index contributed by atoms with van der Waals surface area (Å²) in [6.07, 6.45) is 3.26. The van der Waals surface area contributed by atoms with Crippen molar-refractivity contribution >= 4 is 5.91 Å². The molecule has 1 amide bonds. The normalized spacial score (nSPS) is 18.6. The van der Waals surface area contributed by atoms with Gasteiger partial charge < -0.3 is 15.8 Å². The molecular formula is C16H24N2O2. The molecule has 0 fully saturated rings. The number of ether oxygens (including phenoxy) is 1. The molecule has 0 aliphatic heterocycles. The standard InChI is InChI=1S/C16H24N2O2/c1-3-10-18-13-9-8-12-11(13)6-5-7-15(12)20-14(4-2)16(17)19/h5-7,13-14,18H,3-4,8-10H2,1-2H3,(H2,17,19). The number of amides is 1. The zero-order chi connectivity index (χ0) is 14.5. The highest BCUT2D eigenvalue weighted by atomic mass is 16.5. The number of rotatable bonds is 7. The number of fused-ring (bicyclic) bond motifs is 1. The first kappa shape index (κ1) is 14.9. The second-order valence-electron chi connectivity index (χ2n) is 5.29. The van der Waals surface area contributed by atoms with E-state index in [0.717, 1.165) is 31.6 Å². The minimum atomic E-state index is -0.538. The van der Waals surface area contributed by atoms with Crippen LogP contribution in [0.15, 0.2) is 18.2 Å². The Bertz CT molecular complexity index is 474. The van der Waals surface area contributed by atoms with Gasteiger partial charge >= 0.3 is 0 Å². The Hall–Kier alpha value is -1.55. The number of benzene rings is 1. The highest BCUT2D eigenvalue weighted by molar-refractivity contribution is 5.79. The third-order valence-electron chi connectivity index (χ3n) is 3.83. The first-order chi connectivity index (χ1) is 9.67. The summed E-state index contributed by atoms with van der Waals surface area (Å²) in [6.45, 7) is 5.10. The Kier molecular flexibility index (Phi) is 5.01. The lowest BCUT2D eigenvalue weighted by atomic mass is 10.1. The second-order valence-corrected chi connectivity index (χ2v) is 5.29. The summed E-state index contributed by atoms with van der Waals surface area (Å²) < 4.78 is 5.82. The predicted octanol–water partition coefficient (Wildman–Crippen LogP) is 2.32. The topological polar surface area (TPSA) is 64.3 Å². The minimum absolute atomic E-state index is 0.399. The zero-order valence-corrected chi connectivity index (χ0v) is 12.3. The van der Waals surface area contributed by atoms with Gasteiger partial charge in [0, 0.05) is 6.04 Å². The van der Waals surface area contributed by atoms with Gasteiger partial charge in [-0.05, 0) is 49.4 Å². The van der Waals surface area contributed by atoms with Gasteiger partial charge in [0.15, 0.2) is 6.10 Å². The van der Waals surface area contributed by atoms with Gasteiger partial charge in [-0.3, -0.25) is 4.79 Å². The monoisotopic (exact) mass is 276 g/mol. The van der Waals surface area contributed by atoms with E-state index in [-0.39, 0.29) is 0 Å². The van der Waals surface area contributed by atoms with Crippen molar-refractivity contribution in [2.24, 2.45) is 5.73 Å². The summed E-state index contributed by atoms with van der Waals surface area (Å²) in [5, 5.41) is 3.56. The molecule has 2 unspecified atom stereocenters. The van der Waals surface area contributed by atoms with Crippen molar-refractivity contribution in [3.8, 4) is 5.75 Å². The van der Waals surface area contributed by atoms with Crippen LogP contribution in [0.25, 0.3) is 0 Å². The molecule has 0 aromatic heterocycles. The number of nitrogens with one attached hydrogen (secondary N) is 1. The van der Waals surface area contributed by atoms with Crippen LogP contribution >= 0.6 is 0 Å². The van der Waals surface area contributed by atoms with Crippen LogP contribution in [0, 0.1) is 0 Å². The molecule has 110 valence electrons. The Labute approximate surface area is 120 Å². The summed E-state index contributed by atoms with van der Waals surface area (Å²) in [4.78, 5) is 11.3. The smallest absolute Gasteiger partial charge is 0.258 e. The molecule has 3 N–H and O–H groups in total. The summed E-state index contributed by atoms with van der Waals surface area (Å²) in [5.41, 5.74) is 7.88. The van der Waals surface area contributed by atoms with Crippen molar-refractivity contribution in [2.75, 3.05) is 6.54 Å². The maximum absolute atomic E-state index is 11.3. The first-order valence-corrected chi connectivity index (χ1v) is 7.48. The molecule has 1 aromatic rings. The van der Waals surface area contributed by atoms with Gasteiger partial charge in [0.1, 0.15) is 5.75 Å². The van der Waals surface area contributed by atoms with E-state index < -0.39 is 12.0 Å². The predicted molar refractivity (Wildman–Crippen MR) is 79.7 cm³/mol. The average molecular weight is 276 g/mol. The molecule has 2 rings (SSSR count). The van der Waals surface area contributed by atoms with Crippen LogP contribution in [-0.2, 0) is 11.2 Å². The van der Waals surface area contributed by atoms with Gasteiger partial charge in [-0.15, -0.1) is 0 Å². The molecule has 4 heteroatoms. The second kappa shape index (κ2) is 6.75. The molecule has 0 saturated carbocycles. The van der Waals surface area contributed by atoms with E-state index in [2.05, 4.69) is 18.3 Å². The zero-order valence-electron chi connectivity index (χ0n) is 12.3. The quantitative estimate of drug-likeness (QED) is 0.803. The SMILES string of the molecule is CCCNC1CCc2c(OC(CC)C(N)=O)cccc21. The molecule has 1 aromatic carbocycles. The largest absolute Gasteiger partial charge is 0.480 e. The molecule has 4 nitrogen and oxygen atoms in total. The fourth-order valence-electron chi connectivity index (χ4n) is 2.76. The fraction of sp³-hybridized carbons (Fsp3) is 0.562. The van der Waals surface area contributed by atoms with E-state index in [9.17, 15) is 4.79 Å². The highest BCUT2D eigenvalue weighted by Crippen LogP contribution is 2.37. The van der Waals surface area contributed by atoms with E-state index in [1.807, 2.05) is 19.1 Å². The van der Waals surface area contributed by atoms with Crippen molar-refractivity contribution < 1.29 is 9.53 Å². The number of hydrogen-bond donors (Lipinski definition) is 2. The summed E-state index contributed by atoms with van der Waals surface area (Å²) in [5.74, 6) is 0.415. The van der Waals surface area contributed by atoms with Crippen LogP contribution in [0.5, 0.6) is 5.75 Å². The first-order valence-electron chi connectivity index (χ1n) is 7.48. The maximum atomic E-state index is 11.3. The molecule has 20 heavy (non-hydrogen) atoms. The van der Waals surface area contributed by atoms with Crippen LogP contribution in [0.2, 0.25) is 0 Å². The molecular weight excluding hydrogens is 252 g/mol. The Morgan fingerprint density at radius 2 is 2.30 bits per heavy atom. The van der Waals surface area contributed by atoms with E-state index in [4.69, 9.17) is 10.5 Å². The van der Waals surface area contributed by atoms with Crippen molar-refractivity contribution in [2.45, 2.75) is 51.7 Å². The third-order valence-corrected chi connectivity index (χ3v) is 3.83. The lowest BCUT2D eigenvalue weighted by molar-refractivity contribution is -0.124. The van der Waals surface area contributed by atoms with Crippen molar-refractivity contribution in [1.29, 1.82) is 0 Å². The Balaban J connectivity index is 2.17. The molecule has 1 aliphatic rings. The maximum Gasteiger partial charge on any atom is 0.258 e. The van der Waals surface area contributed by atoms with Gasteiger partial charge in [0.25, 0.3) is 5.91 Å². The van der Waals surface area contributed by atoms with Gasteiger partial charge in [-0.1, -0.05) is 26.0 Å². The molecule has 0 heterocycles. The molecule has 0 bridgehead atoms. The highest BCUT2D eigenvalue weighted by Gasteiger charge is 2.26. The van der Waals surface area contributed by atoms with E-state index in [1.54, 1.807) is 0 Å². The summed E-state index contributed by atoms with van der Waals surface area (Å²) >= 11 is 0. The minimum Gasteiger partial charge on any atom is -0.480 e. The molecule has 0 saturated heterocycles. The Morgan fingerprint density at radius 3 is 2.95 bits per heavy atom. The van der Waals surface area contributed by atoms with Crippen LogP contribution < -0.4 is 15.8 Å². The fourth-order valence-corrected chi connectivity index (χ4v) is 2.76. The molecule has 2 atom stereocenters. The van der Waals surface area contributed by atoms with Crippen molar-refractivity contribution in [1.82, 2.24) is 5.32 Å².